The predicted octanol–water partition coefficient (Wildman–Crippen LogP) is 3.65. The molecule has 0 aromatic heterocycles. The van der Waals surface area contributed by atoms with Gasteiger partial charge < -0.3 is 20.8 Å². The molecule has 204 valence electrons. The third-order valence-corrected chi connectivity index (χ3v) is 6.24. The van der Waals surface area contributed by atoms with Gasteiger partial charge in [-0.15, -0.1) is 0 Å². The van der Waals surface area contributed by atoms with E-state index in [-0.39, 0.29) is 11.5 Å². The lowest BCUT2D eigenvalue weighted by molar-refractivity contribution is -0.126. The first kappa shape index (κ1) is 29.9. The van der Waals surface area contributed by atoms with Crippen LogP contribution in [0.4, 0.5) is 5.69 Å². The SMILES string of the molecule is C[C@@H](CCC(=O)Nc1ccc(C#CC#Cc2ccc(C(=O)N[C@H](C(=O)CO)[C@@H](C)O)cc2)cc1)c1ccccc1. The summed E-state index contributed by atoms with van der Waals surface area (Å²) in [4.78, 5) is 36.4. The van der Waals surface area contributed by atoms with Crippen LogP contribution in [0.3, 0.4) is 0 Å². The molecular weight excluding hydrogens is 504 g/mol. The number of aliphatic hydroxyl groups excluding tert-OH is 2. The monoisotopic (exact) mass is 536 g/mol. The summed E-state index contributed by atoms with van der Waals surface area (Å²) in [5, 5.41) is 24.0. The number of carbonyl (C=O) groups excluding carboxylic acids is 3. The lowest BCUT2D eigenvalue weighted by Crippen LogP contribution is -2.48. The summed E-state index contributed by atoms with van der Waals surface area (Å²) in [6.07, 6.45) is 0.0645. The van der Waals surface area contributed by atoms with Crippen molar-refractivity contribution < 1.29 is 24.6 Å². The summed E-state index contributed by atoms with van der Waals surface area (Å²) >= 11 is 0. The van der Waals surface area contributed by atoms with Crippen molar-refractivity contribution in [1.82, 2.24) is 5.32 Å². The van der Waals surface area contributed by atoms with Crippen LogP contribution < -0.4 is 10.6 Å². The van der Waals surface area contributed by atoms with Gasteiger partial charge in [0.2, 0.25) is 5.91 Å². The van der Waals surface area contributed by atoms with Crippen LogP contribution in [0.1, 0.15) is 59.7 Å². The Hall–Kier alpha value is -4.69. The molecule has 7 nitrogen and oxygen atoms in total. The largest absolute Gasteiger partial charge is 0.391 e. The highest BCUT2D eigenvalue weighted by Crippen LogP contribution is 2.20. The van der Waals surface area contributed by atoms with Gasteiger partial charge in [0, 0.05) is 28.8 Å². The fourth-order valence-electron chi connectivity index (χ4n) is 3.86. The Kier molecular flexibility index (Phi) is 11.2. The number of benzene rings is 3. The fraction of sp³-hybridized carbons (Fsp3) is 0.242. The number of amides is 2. The summed E-state index contributed by atoms with van der Waals surface area (Å²) in [5.74, 6) is 10.5. The van der Waals surface area contributed by atoms with E-state index in [2.05, 4.69) is 53.4 Å². The van der Waals surface area contributed by atoms with E-state index in [0.29, 0.717) is 23.6 Å². The van der Waals surface area contributed by atoms with Gasteiger partial charge >= 0.3 is 0 Å². The zero-order valence-corrected chi connectivity index (χ0v) is 22.5. The van der Waals surface area contributed by atoms with E-state index in [9.17, 15) is 19.5 Å². The summed E-state index contributed by atoms with van der Waals surface area (Å²) < 4.78 is 0. The fourth-order valence-corrected chi connectivity index (χ4v) is 3.86. The molecule has 4 N–H and O–H groups in total. The number of nitrogens with one attached hydrogen (secondary N) is 2. The minimum absolute atomic E-state index is 0.0302. The van der Waals surface area contributed by atoms with Gasteiger partial charge in [0.25, 0.3) is 5.91 Å². The average Bonchev–Trinajstić information content (AvgIpc) is 2.97. The van der Waals surface area contributed by atoms with E-state index < -0.39 is 30.4 Å². The Morgan fingerprint density at radius 3 is 1.95 bits per heavy atom. The van der Waals surface area contributed by atoms with Gasteiger partial charge in [-0.2, -0.15) is 0 Å². The van der Waals surface area contributed by atoms with E-state index in [4.69, 9.17) is 5.11 Å². The molecule has 3 aromatic carbocycles. The molecule has 0 aliphatic heterocycles. The second-order valence-electron chi connectivity index (χ2n) is 9.37. The van der Waals surface area contributed by atoms with Crippen LogP contribution in [0.15, 0.2) is 78.9 Å². The molecule has 0 aliphatic carbocycles. The first-order valence-electron chi connectivity index (χ1n) is 13.0. The minimum Gasteiger partial charge on any atom is -0.391 e. The highest BCUT2D eigenvalue weighted by molar-refractivity contribution is 5.98. The number of carbonyl (C=O) groups is 3. The zero-order valence-electron chi connectivity index (χ0n) is 22.5. The molecule has 0 saturated carbocycles. The summed E-state index contributed by atoms with van der Waals surface area (Å²) in [5.41, 5.74) is 3.61. The van der Waals surface area contributed by atoms with Crippen LogP contribution in [0, 0.1) is 23.7 Å². The van der Waals surface area contributed by atoms with Crippen molar-refractivity contribution in [2.75, 3.05) is 11.9 Å². The molecule has 0 spiro atoms. The number of ketones is 1. The van der Waals surface area contributed by atoms with Crippen LogP contribution in [-0.4, -0.2) is 46.6 Å². The van der Waals surface area contributed by atoms with Crippen LogP contribution >= 0.6 is 0 Å². The van der Waals surface area contributed by atoms with Crippen LogP contribution in [0.5, 0.6) is 0 Å². The van der Waals surface area contributed by atoms with Gasteiger partial charge in [-0.25, -0.2) is 0 Å². The van der Waals surface area contributed by atoms with Crippen molar-refractivity contribution in [3.8, 4) is 23.7 Å². The molecule has 0 aliphatic rings. The number of Topliss-reactive ketones (excluding diaryl/α,β-unsaturated/α-hetero) is 1. The lowest BCUT2D eigenvalue weighted by atomic mass is 9.96. The molecule has 0 fully saturated rings. The number of hydrogen-bond donors (Lipinski definition) is 4. The maximum atomic E-state index is 12.4. The molecule has 7 heteroatoms. The molecule has 0 saturated heterocycles. The van der Waals surface area contributed by atoms with Crippen LogP contribution in [0.25, 0.3) is 0 Å². The van der Waals surface area contributed by atoms with Crippen molar-refractivity contribution in [3.05, 3.63) is 101 Å². The van der Waals surface area contributed by atoms with Crippen molar-refractivity contribution in [2.45, 2.75) is 44.8 Å². The highest BCUT2D eigenvalue weighted by atomic mass is 16.3. The molecule has 3 rings (SSSR count). The van der Waals surface area contributed by atoms with Crippen molar-refractivity contribution in [1.29, 1.82) is 0 Å². The van der Waals surface area contributed by atoms with Gasteiger partial charge in [0.05, 0.1) is 6.10 Å². The number of anilines is 1. The van der Waals surface area contributed by atoms with Crippen molar-refractivity contribution in [3.63, 3.8) is 0 Å². The van der Waals surface area contributed by atoms with Gasteiger partial charge in [-0.05, 0) is 85.2 Å². The zero-order chi connectivity index (χ0) is 28.9. The Morgan fingerprint density at radius 1 is 0.825 bits per heavy atom. The van der Waals surface area contributed by atoms with Crippen LogP contribution in [-0.2, 0) is 9.59 Å². The molecule has 3 aromatic rings. The molecule has 0 bridgehead atoms. The molecule has 3 atom stereocenters. The summed E-state index contributed by atoms with van der Waals surface area (Å²) in [6.45, 7) is 2.70. The molecule has 2 amide bonds. The van der Waals surface area contributed by atoms with E-state index in [1.54, 1.807) is 36.4 Å². The molecular formula is C33H32N2O5. The summed E-state index contributed by atoms with van der Waals surface area (Å²) in [6, 6.07) is 22.6. The average molecular weight is 537 g/mol. The number of hydrogen-bond acceptors (Lipinski definition) is 5. The first-order valence-corrected chi connectivity index (χ1v) is 13.0. The van der Waals surface area contributed by atoms with Gasteiger partial charge in [0.15, 0.2) is 5.78 Å². The topological polar surface area (TPSA) is 116 Å². The summed E-state index contributed by atoms with van der Waals surface area (Å²) in [7, 11) is 0. The van der Waals surface area contributed by atoms with Gasteiger partial charge in [-0.3, -0.25) is 14.4 Å². The Morgan fingerprint density at radius 2 is 1.40 bits per heavy atom. The standard InChI is InChI=1S/C33H32N2O5/c1-23(27-10-4-3-5-11-27)12-21-31(39)34-29-19-15-26(16-20-29)9-7-6-8-25-13-17-28(18-14-25)33(40)35-32(24(2)37)30(38)22-36/h3-5,10-11,13-20,23-24,32,36-37H,12,21-22H2,1-2H3,(H,34,39)(H,35,40)/t23-,24+,32-/m0/s1. The molecule has 40 heavy (non-hydrogen) atoms. The number of rotatable bonds is 10. The van der Waals surface area contributed by atoms with Gasteiger partial charge in [-0.1, -0.05) is 49.1 Å². The van der Waals surface area contributed by atoms with E-state index >= 15 is 0 Å². The maximum Gasteiger partial charge on any atom is 0.251 e. The van der Waals surface area contributed by atoms with E-state index in [1.807, 2.05) is 30.3 Å². The Labute approximate surface area is 234 Å². The van der Waals surface area contributed by atoms with Gasteiger partial charge in [0.1, 0.15) is 12.6 Å². The first-order chi connectivity index (χ1) is 19.3. The molecule has 0 radical (unpaired) electrons. The van der Waals surface area contributed by atoms with Crippen molar-refractivity contribution >= 4 is 23.3 Å². The van der Waals surface area contributed by atoms with E-state index in [1.165, 1.54) is 12.5 Å². The molecule has 0 heterocycles. The second-order valence-corrected chi connectivity index (χ2v) is 9.37. The Bertz CT molecular complexity index is 1420. The van der Waals surface area contributed by atoms with Crippen LogP contribution in [0.2, 0.25) is 0 Å². The molecule has 0 unspecified atom stereocenters. The maximum absolute atomic E-state index is 12.4. The normalized spacial score (nSPS) is 12.4. The van der Waals surface area contributed by atoms with E-state index in [0.717, 1.165) is 12.0 Å². The highest BCUT2D eigenvalue weighted by Gasteiger charge is 2.25. The minimum atomic E-state index is -1.19. The quantitative estimate of drug-likeness (QED) is 0.295. The lowest BCUT2D eigenvalue weighted by Gasteiger charge is -2.19. The second kappa shape index (κ2) is 15.0. The Balaban J connectivity index is 1.49. The number of aliphatic hydroxyl groups is 2. The smallest absolute Gasteiger partial charge is 0.251 e. The third kappa shape index (κ3) is 9.25. The predicted molar refractivity (Wildman–Crippen MR) is 154 cm³/mol. The van der Waals surface area contributed by atoms with Crippen molar-refractivity contribution in [2.24, 2.45) is 0 Å². The third-order valence-electron chi connectivity index (χ3n) is 6.24.